The zero-order valence-corrected chi connectivity index (χ0v) is 18.8. The molecule has 3 aromatic rings. The van der Waals surface area contributed by atoms with E-state index in [9.17, 15) is 4.79 Å². The lowest BCUT2D eigenvalue weighted by Crippen LogP contribution is -2.24. The van der Waals surface area contributed by atoms with E-state index < -0.39 is 0 Å². The molecule has 7 heteroatoms. The van der Waals surface area contributed by atoms with Crippen LogP contribution in [0.3, 0.4) is 0 Å². The van der Waals surface area contributed by atoms with E-state index >= 15 is 0 Å². The second-order valence-corrected chi connectivity index (χ2v) is 8.52. The van der Waals surface area contributed by atoms with Crippen molar-refractivity contribution in [3.63, 3.8) is 0 Å². The summed E-state index contributed by atoms with van der Waals surface area (Å²) in [4.78, 5) is 17.3. The number of fused-ring (bicyclic) bond motifs is 1. The van der Waals surface area contributed by atoms with Crippen LogP contribution >= 0.6 is 11.3 Å². The van der Waals surface area contributed by atoms with Crippen LogP contribution < -0.4 is 19.5 Å². The Hall–Kier alpha value is -3.06. The van der Waals surface area contributed by atoms with E-state index in [1.54, 1.807) is 23.5 Å². The van der Waals surface area contributed by atoms with Gasteiger partial charge in [0.15, 0.2) is 0 Å². The maximum Gasteiger partial charge on any atom is 0.255 e. The highest BCUT2D eigenvalue weighted by Gasteiger charge is 2.22. The maximum atomic E-state index is 12.9. The predicted octanol–water partition coefficient (Wildman–Crippen LogP) is 4.68. The number of hydrogen-bond donors (Lipinski definition) is 1. The Balaban J connectivity index is 1.46. The zero-order valence-electron chi connectivity index (χ0n) is 17.9. The van der Waals surface area contributed by atoms with Crippen LogP contribution in [0.4, 0.5) is 0 Å². The molecule has 1 unspecified atom stereocenters. The number of amides is 1. The van der Waals surface area contributed by atoms with Gasteiger partial charge in [-0.15, -0.1) is 11.3 Å². The van der Waals surface area contributed by atoms with Crippen molar-refractivity contribution in [2.45, 2.75) is 46.4 Å². The van der Waals surface area contributed by atoms with Gasteiger partial charge < -0.3 is 19.5 Å². The first kappa shape index (κ1) is 21.2. The number of carbonyl (C=O) groups excluding carboxylic acids is 1. The van der Waals surface area contributed by atoms with Crippen LogP contribution in [-0.2, 0) is 19.6 Å². The Labute approximate surface area is 186 Å². The molecular weight excluding hydrogens is 412 g/mol. The first-order valence-electron chi connectivity index (χ1n) is 10.4. The molecule has 1 aliphatic heterocycles. The van der Waals surface area contributed by atoms with Gasteiger partial charge in [0.1, 0.15) is 30.0 Å². The molecule has 2 aromatic carbocycles. The molecule has 0 saturated heterocycles. The van der Waals surface area contributed by atoms with E-state index in [-0.39, 0.29) is 12.0 Å². The van der Waals surface area contributed by atoms with Crippen LogP contribution in [0.15, 0.2) is 41.8 Å². The van der Waals surface area contributed by atoms with Gasteiger partial charge in [0.2, 0.25) is 0 Å². The fraction of sp³-hybridized carbons (Fsp3) is 0.333. The van der Waals surface area contributed by atoms with Crippen LogP contribution in [0.1, 0.15) is 46.0 Å². The maximum absolute atomic E-state index is 12.9. The molecule has 0 saturated carbocycles. The summed E-state index contributed by atoms with van der Waals surface area (Å²) in [6, 6.07) is 11.2. The number of aryl methyl sites for hydroxylation is 1. The fourth-order valence-electron chi connectivity index (χ4n) is 3.59. The normalized spacial score (nSPS) is 14.6. The average Bonchev–Trinajstić information content (AvgIpc) is 3.34. The van der Waals surface area contributed by atoms with Crippen molar-refractivity contribution in [1.82, 2.24) is 10.3 Å². The molecule has 0 fully saturated rings. The second kappa shape index (κ2) is 9.39. The minimum absolute atomic E-state index is 0.153. The largest absolute Gasteiger partial charge is 0.494 e. The van der Waals surface area contributed by atoms with Crippen molar-refractivity contribution < 1.29 is 19.0 Å². The van der Waals surface area contributed by atoms with Gasteiger partial charge in [0.25, 0.3) is 5.91 Å². The summed E-state index contributed by atoms with van der Waals surface area (Å²) in [6.45, 7) is 7.17. The standard InChI is InChI=1S/C24H26N2O4S/c1-4-28-22-10-17-9-15(2)30-23(17)11-18(22)12-25-24(27)20-7-5-6-8-21(20)29-13-19-14-31-16(3)26-19/h5-8,10-11,14-15H,4,9,12-13H2,1-3H3,(H,25,27). The summed E-state index contributed by atoms with van der Waals surface area (Å²) in [5, 5.41) is 5.94. The summed E-state index contributed by atoms with van der Waals surface area (Å²) < 4.78 is 17.6. The highest BCUT2D eigenvalue weighted by Crippen LogP contribution is 2.35. The quantitative estimate of drug-likeness (QED) is 0.553. The number of para-hydroxylation sites is 1. The number of rotatable bonds is 8. The number of aromatic nitrogens is 1. The lowest BCUT2D eigenvalue weighted by atomic mass is 10.1. The Morgan fingerprint density at radius 1 is 1.26 bits per heavy atom. The van der Waals surface area contributed by atoms with E-state index in [4.69, 9.17) is 14.2 Å². The molecular formula is C24H26N2O4S. The van der Waals surface area contributed by atoms with Gasteiger partial charge in [-0.25, -0.2) is 4.98 Å². The number of benzene rings is 2. The minimum Gasteiger partial charge on any atom is -0.494 e. The molecule has 0 aliphatic carbocycles. The van der Waals surface area contributed by atoms with E-state index in [0.717, 1.165) is 39.7 Å². The van der Waals surface area contributed by atoms with Crippen molar-refractivity contribution >= 4 is 17.2 Å². The molecule has 1 N–H and O–H groups in total. The first-order chi connectivity index (χ1) is 15.0. The number of nitrogens with one attached hydrogen (secondary N) is 1. The summed E-state index contributed by atoms with van der Waals surface area (Å²) >= 11 is 1.58. The Kier molecular flexibility index (Phi) is 6.42. The molecule has 1 amide bonds. The third-order valence-corrected chi connectivity index (χ3v) is 5.81. The number of ether oxygens (including phenoxy) is 3. The Morgan fingerprint density at radius 2 is 2.10 bits per heavy atom. The molecule has 0 spiro atoms. The summed E-state index contributed by atoms with van der Waals surface area (Å²) in [5.41, 5.74) is 3.37. The van der Waals surface area contributed by atoms with Crippen LogP contribution in [0.2, 0.25) is 0 Å². The van der Waals surface area contributed by atoms with Crippen molar-refractivity contribution in [3.05, 3.63) is 69.2 Å². The van der Waals surface area contributed by atoms with Crippen LogP contribution in [0.5, 0.6) is 17.2 Å². The predicted molar refractivity (Wildman–Crippen MR) is 120 cm³/mol. The molecule has 1 aliphatic rings. The topological polar surface area (TPSA) is 69.7 Å². The van der Waals surface area contributed by atoms with Crippen molar-refractivity contribution in [3.8, 4) is 17.2 Å². The van der Waals surface area contributed by atoms with Crippen LogP contribution in [0.25, 0.3) is 0 Å². The average molecular weight is 439 g/mol. The van der Waals surface area contributed by atoms with Crippen molar-refractivity contribution in [1.29, 1.82) is 0 Å². The summed E-state index contributed by atoms with van der Waals surface area (Å²) in [5.74, 6) is 1.97. The zero-order chi connectivity index (χ0) is 21.8. The molecule has 31 heavy (non-hydrogen) atoms. The number of carbonyl (C=O) groups is 1. The SMILES string of the molecule is CCOc1cc2c(cc1CNC(=O)c1ccccc1OCc1csc(C)n1)OC(C)C2. The van der Waals surface area contributed by atoms with Crippen molar-refractivity contribution in [2.75, 3.05) is 6.61 Å². The van der Waals surface area contributed by atoms with Gasteiger partial charge in [-0.2, -0.15) is 0 Å². The van der Waals surface area contributed by atoms with Crippen molar-refractivity contribution in [2.24, 2.45) is 0 Å². The number of nitrogens with zero attached hydrogens (tertiary/aromatic N) is 1. The van der Waals surface area contributed by atoms with E-state index in [0.29, 0.717) is 31.1 Å². The van der Waals surface area contributed by atoms with E-state index in [2.05, 4.69) is 10.3 Å². The van der Waals surface area contributed by atoms with Gasteiger partial charge in [-0.05, 0) is 45.0 Å². The molecule has 4 rings (SSSR count). The molecule has 0 bridgehead atoms. The lowest BCUT2D eigenvalue weighted by Gasteiger charge is -2.14. The van der Waals surface area contributed by atoms with E-state index in [1.165, 1.54) is 0 Å². The summed E-state index contributed by atoms with van der Waals surface area (Å²) in [7, 11) is 0. The highest BCUT2D eigenvalue weighted by molar-refractivity contribution is 7.09. The Bertz CT molecular complexity index is 1080. The third-order valence-electron chi connectivity index (χ3n) is 4.99. The van der Waals surface area contributed by atoms with E-state index in [1.807, 2.05) is 50.4 Å². The Morgan fingerprint density at radius 3 is 2.87 bits per heavy atom. The van der Waals surface area contributed by atoms with Gasteiger partial charge in [0, 0.05) is 29.5 Å². The minimum atomic E-state index is -0.206. The molecule has 0 radical (unpaired) electrons. The molecule has 1 aromatic heterocycles. The molecule has 2 heterocycles. The van der Waals surface area contributed by atoms with Gasteiger partial charge in [-0.1, -0.05) is 12.1 Å². The number of hydrogen-bond acceptors (Lipinski definition) is 6. The van der Waals surface area contributed by atoms with Gasteiger partial charge >= 0.3 is 0 Å². The smallest absolute Gasteiger partial charge is 0.255 e. The highest BCUT2D eigenvalue weighted by atomic mass is 32.1. The van der Waals surface area contributed by atoms with Gasteiger partial charge in [0.05, 0.1) is 22.9 Å². The monoisotopic (exact) mass is 438 g/mol. The summed E-state index contributed by atoms with van der Waals surface area (Å²) in [6.07, 6.45) is 1.02. The lowest BCUT2D eigenvalue weighted by molar-refractivity contribution is 0.0946. The third kappa shape index (κ3) is 4.99. The first-order valence-corrected chi connectivity index (χ1v) is 11.3. The fourth-order valence-corrected chi connectivity index (χ4v) is 4.18. The number of thiazole rings is 1. The second-order valence-electron chi connectivity index (χ2n) is 7.46. The molecule has 162 valence electrons. The van der Waals surface area contributed by atoms with Gasteiger partial charge in [-0.3, -0.25) is 4.79 Å². The van der Waals surface area contributed by atoms with Crippen LogP contribution in [-0.4, -0.2) is 23.6 Å². The van der Waals surface area contributed by atoms with Crippen LogP contribution in [0, 0.1) is 6.92 Å². The molecule has 6 nitrogen and oxygen atoms in total. The molecule has 1 atom stereocenters.